The molecule has 0 aromatic carbocycles. The fourth-order valence-corrected chi connectivity index (χ4v) is 4.67. The summed E-state index contributed by atoms with van der Waals surface area (Å²) in [6, 6.07) is 0. The molecule has 0 radical (unpaired) electrons. The number of aliphatic hydroxyl groups is 1. The van der Waals surface area contributed by atoms with Crippen LogP contribution < -0.4 is 5.32 Å². The van der Waals surface area contributed by atoms with Gasteiger partial charge in [-0.05, 0) is 32.1 Å². The van der Waals surface area contributed by atoms with Crippen molar-refractivity contribution in [3.8, 4) is 0 Å². The number of hydrogen-bond donors (Lipinski definition) is 2. The van der Waals surface area contributed by atoms with E-state index in [-0.39, 0.29) is 17.7 Å². The third-order valence-corrected chi connectivity index (χ3v) is 6.10. The molecule has 2 saturated heterocycles. The molecule has 124 valence electrons. The van der Waals surface area contributed by atoms with Crippen LogP contribution in [0.4, 0.5) is 0 Å². The zero-order chi connectivity index (χ0) is 16.0. The highest BCUT2D eigenvalue weighted by Gasteiger charge is 2.79. The first-order valence-electron chi connectivity index (χ1n) is 8.71. The minimum atomic E-state index is -1.22. The zero-order valence-corrected chi connectivity index (χ0v) is 13.6. The molecule has 5 heteroatoms. The number of carbonyl (C=O) groups is 2. The summed E-state index contributed by atoms with van der Waals surface area (Å²) in [7, 11) is 0. The molecule has 0 bridgehead atoms. The number of nitrogens with one attached hydrogen (secondary N) is 1. The van der Waals surface area contributed by atoms with Crippen LogP contribution in [0.1, 0.15) is 65.2 Å². The van der Waals surface area contributed by atoms with Crippen molar-refractivity contribution in [1.29, 1.82) is 0 Å². The molecule has 3 rings (SSSR count). The lowest BCUT2D eigenvalue weighted by atomic mass is 9.63. The van der Waals surface area contributed by atoms with E-state index in [0.29, 0.717) is 6.42 Å². The molecule has 2 aliphatic heterocycles. The summed E-state index contributed by atoms with van der Waals surface area (Å²) >= 11 is 0. The fourth-order valence-electron chi connectivity index (χ4n) is 4.67. The maximum atomic E-state index is 12.4. The highest BCUT2D eigenvalue weighted by atomic mass is 16.6. The van der Waals surface area contributed by atoms with E-state index in [1.165, 1.54) is 6.42 Å². The van der Waals surface area contributed by atoms with Gasteiger partial charge in [-0.3, -0.25) is 4.79 Å². The maximum absolute atomic E-state index is 12.4. The van der Waals surface area contributed by atoms with Crippen LogP contribution in [-0.4, -0.2) is 34.2 Å². The number of carbonyl (C=O) groups excluding carboxylic acids is 2. The first-order chi connectivity index (χ1) is 10.5. The molecule has 1 saturated carbocycles. The van der Waals surface area contributed by atoms with Gasteiger partial charge in [-0.15, -0.1) is 0 Å². The van der Waals surface area contributed by atoms with Crippen molar-refractivity contribution in [2.24, 2.45) is 11.8 Å². The number of fused-ring (bicyclic) bond motifs is 1. The Morgan fingerprint density at radius 1 is 1.32 bits per heavy atom. The maximum Gasteiger partial charge on any atom is 0.339 e. The Bertz CT molecular complexity index is 471. The molecular weight excluding hydrogens is 282 g/mol. The van der Waals surface area contributed by atoms with Gasteiger partial charge in [0.2, 0.25) is 11.4 Å². The molecule has 0 aromatic rings. The molecule has 0 unspecified atom stereocenters. The summed E-state index contributed by atoms with van der Waals surface area (Å²) in [6.45, 7) is 3.89. The van der Waals surface area contributed by atoms with Crippen LogP contribution in [0.15, 0.2) is 0 Å². The molecule has 22 heavy (non-hydrogen) atoms. The Balaban J connectivity index is 1.86. The Hall–Kier alpha value is -1.10. The van der Waals surface area contributed by atoms with Crippen molar-refractivity contribution in [3.05, 3.63) is 0 Å². The van der Waals surface area contributed by atoms with Crippen LogP contribution in [0.5, 0.6) is 0 Å². The summed E-state index contributed by atoms with van der Waals surface area (Å²) in [5, 5.41) is 13.8. The second-order valence-electron chi connectivity index (χ2n) is 7.33. The van der Waals surface area contributed by atoms with Crippen LogP contribution in [-0.2, 0) is 14.3 Å². The smallest absolute Gasteiger partial charge is 0.339 e. The van der Waals surface area contributed by atoms with Crippen LogP contribution in [0.2, 0.25) is 0 Å². The van der Waals surface area contributed by atoms with Crippen molar-refractivity contribution >= 4 is 11.9 Å². The van der Waals surface area contributed by atoms with Crippen LogP contribution in [0, 0.1) is 11.8 Å². The van der Waals surface area contributed by atoms with Crippen molar-refractivity contribution in [3.63, 3.8) is 0 Å². The molecule has 3 aliphatic rings. The highest BCUT2D eigenvalue weighted by Crippen LogP contribution is 2.54. The monoisotopic (exact) mass is 309 g/mol. The van der Waals surface area contributed by atoms with Crippen LogP contribution >= 0.6 is 0 Å². The molecule has 2 N–H and O–H groups in total. The first-order valence-corrected chi connectivity index (χ1v) is 8.71. The Labute approximate surface area is 131 Å². The number of unbranched alkanes of at least 4 members (excludes halogenated alkanes) is 1. The molecule has 2 heterocycles. The Morgan fingerprint density at radius 3 is 2.59 bits per heavy atom. The molecule has 0 aromatic heterocycles. The summed E-state index contributed by atoms with van der Waals surface area (Å²) in [6.07, 6.45) is 6.95. The first kappa shape index (κ1) is 15.8. The van der Waals surface area contributed by atoms with Gasteiger partial charge in [-0.25, -0.2) is 4.79 Å². The molecule has 1 aliphatic carbocycles. The molecule has 0 spiro atoms. The van der Waals surface area contributed by atoms with E-state index in [1.807, 2.05) is 6.92 Å². The lowest BCUT2D eigenvalue weighted by molar-refractivity contribution is -0.240. The number of esters is 1. The van der Waals surface area contributed by atoms with Gasteiger partial charge < -0.3 is 15.2 Å². The van der Waals surface area contributed by atoms with E-state index < -0.39 is 23.2 Å². The zero-order valence-electron chi connectivity index (χ0n) is 13.6. The average Bonchev–Trinajstić information content (AvgIpc) is 2.69. The number of amides is 1. The normalized spacial score (nSPS) is 39.7. The van der Waals surface area contributed by atoms with Gasteiger partial charge >= 0.3 is 5.97 Å². The fraction of sp³-hybridized carbons (Fsp3) is 0.882. The summed E-state index contributed by atoms with van der Waals surface area (Å²) in [5.41, 5.74) is -2.11. The number of aliphatic hydroxyl groups excluding tert-OH is 1. The number of hydrogen-bond acceptors (Lipinski definition) is 4. The third kappa shape index (κ3) is 1.94. The largest absolute Gasteiger partial charge is 0.453 e. The van der Waals surface area contributed by atoms with Gasteiger partial charge in [0.25, 0.3) is 0 Å². The van der Waals surface area contributed by atoms with Crippen LogP contribution in [0.3, 0.4) is 0 Å². The molecule has 4 atom stereocenters. The van der Waals surface area contributed by atoms with E-state index in [2.05, 4.69) is 12.2 Å². The quantitative estimate of drug-likeness (QED) is 0.761. The van der Waals surface area contributed by atoms with Gasteiger partial charge in [0.05, 0.1) is 12.0 Å². The molecule has 1 amide bonds. The topological polar surface area (TPSA) is 75.6 Å². The van der Waals surface area contributed by atoms with Gasteiger partial charge in [-0.1, -0.05) is 39.0 Å². The van der Waals surface area contributed by atoms with Crippen LogP contribution in [0.25, 0.3) is 0 Å². The molecule has 5 nitrogen and oxygen atoms in total. The van der Waals surface area contributed by atoms with E-state index in [4.69, 9.17) is 4.74 Å². The van der Waals surface area contributed by atoms with Gasteiger partial charge in [0.15, 0.2) is 5.60 Å². The van der Waals surface area contributed by atoms with Crippen molar-refractivity contribution in [2.45, 2.75) is 82.5 Å². The number of ether oxygens (including phenoxy) is 1. The van der Waals surface area contributed by atoms with E-state index in [9.17, 15) is 14.7 Å². The highest BCUT2D eigenvalue weighted by molar-refractivity contribution is 6.01. The van der Waals surface area contributed by atoms with E-state index in [1.54, 1.807) is 0 Å². The lowest BCUT2D eigenvalue weighted by Crippen LogP contribution is -2.80. The lowest BCUT2D eigenvalue weighted by Gasteiger charge is -2.55. The molecular formula is C17H27NO4. The predicted octanol–water partition coefficient (Wildman–Crippen LogP) is 1.92. The van der Waals surface area contributed by atoms with Gasteiger partial charge in [-0.2, -0.15) is 0 Å². The Kier molecular flexibility index (Phi) is 3.96. The molecule has 3 fully saturated rings. The third-order valence-electron chi connectivity index (χ3n) is 6.10. The predicted molar refractivity (Wildman–Crippen MR) is 81.0 cm³/mol. The van der Waals surface area contributed by atoms with Crippen molar-refractivity contribution in [2.75, 3.05) is 0 Å². The minimum Gasteiger partial charge on any atom is -0.453 e. The van der Waals surface area contributed by atoms with E-state index in [0.717, 1.165) is 38.5 Å². The standard InChI is InChI=1S/C17H27NO4/c1-3-4-10-12-14(20)18-17(15(21)22-16(12,17)2)13(19)11-8-6-5-7-9-11/h11-13,19H,3-10H2,1-2H3,(H,18,20)/t12-,13-,16-,17-/m0/s1. The van der Waals surface area contributed by atoms with E-state index >= 15 is 0 Å². The minimum absolute atomic E-state index is 0.0751. The summed E-state index contributed by atoms with van der Waals surface area (Å²) in [5.74, 6) is -0.869. The summed E-state index contributed by atoms with van der Waals surface area (Å²) in [4.78, 5) is 24.7. The Morgan fingerprint density at radius 2 is 2.00 bits per heavy atom. The SMILES string of the molecule is CCCC[C@H]1C(=O)N[C@@]2([C@@H](O)C3CCCCC3)C(=O)O[C@@]12C. The van der Waals surface area contributed by atoms with Gasteiger partial charge in [0, 0.05) is 0 Å². The summed E-state index contributed by atoms with van der Waals surface area (Å²) < 4.78 is 5.46. The van der Waals surface area contributed by atoms with Crippen molar-refractivity contribution in [1.82, 2.24) is 5.32 Å². The second-order valence-corrected chi connectivity index (χ2v) is 7.33. The number of rotatable bonds is 5. The second kappa shape index (κ2) is 5.52. The van der Waals surface area contributed by atoms with Gasteiger partial charge in [0.1, 0.15) is 0 Å². The average molecular weight is 309 g/mol. The van der Waals surface area contributed by atoms with Crippen molar-refractivity contribution < 1.29 is 19.4 Å².